The number of carbonyl (C=O) groups excluding carboxylic acids is 2. The van der Waals surface area contributed by atoms with Crippen LogP contribution in [-0.4, -0.2) is 22.3 Å². The van der Waals surface area contributed by atoms with E-state index in [2.05, 4.69) is 10.6 Å². The zero-order valence-corrected chi connectivity index (χ0v) is 14.5. The molecule has 24 heavy (non-hydrogen) atoms. The van der Waals surface area contributed by atoms with Crippen molar-refractivity contribution in [2.75, 3.05) is 16.9 Å². The fourth-order valence-electron chi connectivity index (χ4n) is 2.13. The van der Waals surface area contributed by atoms with Crippen molar-refractivity contribution in [2.24, 2.45) is 0 Å². The minimum absolute atomic E-state index is 0.0517. The number of nitrogens with one attached hydrogen (secondary N) is 2. The van der Waals surface area contributed by atoms with E-state index in [1.54, 1.807) is 54.8 Å². The van der Waals surface area contributed by atoms with E-state index in [9.17, 15) is 13.8 Å². The third-order valence-electron chi connectivity index (χ3n) is 3.33. The highest BCUT2D eigenvalue weighted by atomic mass is 32.2. The lowest BCUT2D eigenvalue weighted by Crippen LogP contribution is -2.13. The normalized spacial score (nSPS) is 11.6. The molecule has 0 saturated heterocycles. The minimum Gasteiger partial charge on any atom is -0.326 e. The molecule has 5 nitrogen and oxygen atoms in total. The SMILES string of the molecule is CCCC(=O)Nc1cccc(NC(=O)c2ccc(S(C)=O)cc2)c1. The molecular formula is C18H20N2O3S. The molecular weight excluding hydrogens is 324 g/mol. The van der Waals surface area contributed by atoms with Crippen molar-refractivity contribution in [2.45, 2.75) is 24.7 Å². The Morgan fingerprint density at radius 1 is 1.00 bits per heavy atom. The van der Waals surface area contributed by atoms with Gasteiger partial charge >= 0.3 is 0 Å². The summed E-state index contributed by atoms with van der Waals surface area (Å²) in [5.41, 5.74) is 1.71. The lowest BCUT2D eigenvalue weighted by molar-refractivity contribution is -0.116. The van der Waals surface area contributed by atoms with Gasteiger partial charge in [0.1, 0.15) is 0 Å². The molecule has 0 bridgehead atoms. The average molecular weight is 344 g/mol. The second kappa shape index (κ2) is 8.40. The first-order chi connectivity index (χ1) is 11.5. The monoisotopic (exact) mass is 344 g/mol. The molecule has 2 aromatic rings. The Balaban J connectivity index is 2.06. The highest BCUT2D eigenvalue weighted by Gasteiger charge is 2.08. The van der Waals surface area contributed by atoms with Crippen molar-refractivity contribution in [3.8, 4) is 0 Å². The maximum Gasteiger partial charge on any atom is 0.255 e. The fraction of sp³-hybridized carbons (Fsp3) is 0.222. The van der Waals surface area contributed by atoms with Crippen molar-refractivity contribution < 1.29 is 13.8 Å². The molecule has 0 heterocycles. The molecule has 0 aliphatic heterocycles. The zero-order valence-electron chi connectivity index (χ0n) is 13.7. The third kappa shape index (κ3) is 5.03. The van der Waals surface area contributed by atoms with E-state index < -0.39 is 10.8 Å². The topological polar surface area (TPSA) is 75.3 Å². The van der Waals surface area contributed by atoms with Crippen LogP contribution in [0.15, 0.2) is 53.4 Å². The molecule has 6 heteroatoms. The van der Waals surface area contributed by atoms with Gasteiger partial charge in [-0.1, -0.05) is 13.0 Å². The van der Waals surface area contributed by atoms with Gasteiger partial charge in [0.25, 0.3) is 5.91 Å². The summed E-state index contributed by atoms with van der Waals surface area (Å²) < 4.78 is 11.4. The first kappa shape index (κ1) is 17.9. The number of rotatable bonds is 6. The summed E-state index contributed by atoms with van der Waals surface area (Å²) in [4.78, 5) is 24.6. The van der Waals surface area contributed by atoms with Gasteiger partial charge in [-0.05, 0) is 48.9 Å². The second-order valence-electron chi connectivity index (χ2n) is 5.31. The van der Waals surface area contributed by atoms with Gasteiger partial charge in [0.2, 0.25) is 5.91 Å². The molecule has 2 amide bonds. The van der Waals surface area contributed by atoms with Gasteiger partial charge in [0.05, 0.1) is 0 Å². The van der Waals surface area contributed by atoms with Gasteiger partial charge in [-0.3, -0.25) is 13.8 Å². The predicted molar refractivity (Wildman–Crippen MR) is 96.7 cm³/mol. The van der Waals surface area contributed by atoms with Crippen LogP contribution in [0.25, 0.3) is 0 Å². The van der Waals surface area contributed by atoms with E-state index in [0.717, 1.165) is 6.42 Å². The molecule has 2 rings (SSSR count). The van der Waals surface area contributed by atoms with Crippen molar-refractivity contribution in [1.82, 2.24) is 0 Å². The average Bonchev–Trinajstić information content (AvgIpc) is 2.55. The number of hydrogen-bond acceptors (Lipinski definition) is 3. The summed E-state index contributed by atoms with van der Waals surface area (Å²) in [6.45, 7) is 1.94. The van der Waals surface area contributed by atoms with Crippen LogP contribution in [0.3, 0.4) is 0 Å². The Morgan fingerprint density at radius 3 is 2.21 bits per heavy atom. The largest absolute Gasteiger partial charge is 0.326 e. The quantitative estimate of drug-likeness (QED) is 0.843. The lowest BCUT2D eigenvalue weighted by atomic mass is 10.2. The van der Waals surface area contributed by atoms with Crippen LogP contribution >= 0.6 is 0 Å². The molecule has 0 spiro atoms. The van der Waals surface area contributed by atoms with E-state index in [0.29, 0.717) is 28.3 Å². The Kier molecular flexibility index (Phi) is 6.26. The van der Waals surface area contributed by atoms with Crippen LogP contribution < -0.4 is 10.6 Å². The molecule has 0 aliphatic carbocycles. The van der Waals surface area contributed by atoms with Crippen LogP contribution in [0, 0.1) is 0 Å². The van der Waals surface area contributed by atoms with E-state index in [1.165, 1.54) is 0 Å². The van der Waals surface area contributed by atoms with E-state index in [1.807, 2.05) is 6.92 Å². The number of anilines is 2. The Morgan fingerprint density at radius 2 is 1.62 bits per heavy atom. The molecule has 0 aliphatic rings. The number of benzene rings is 2. The van der Waals surface area contributed by atoms with E-state index in [4.69, 9.17) is 0 Å². The highest BCUT2D eigenvalue weighted by Crippen LogP contribution is 2.17. The van der Waals surface area contributed by atoms with Crippen LogP contribution in [0.4, 0.5) is 11.4 Å². The summed E-state index contributed by atoms with van der Waals surface area (Å²) in [5.74, 6) is -0.315. The summed E-state index contributed by atoms with van der Waals surface area (Å²) in [6, 6.07) is 13.6. The van der Waals surface area contributed by atoms with E-state index in [-0.39, 0.29) is 11.8 Å². The minimum atomic E-state index is -1.07. The fourth-order valence-corrected chi connectivity index (χ4v) is 2.65. The zero-order chi connectivity index (χ0) is 17.5. The van der Waals surface area contributed by atoms with Gasteiger partial charge in [-0.15, -0.1) is 0 Å². The van der Waals surface area contributed by atoms with Crippen LogP contribution in [-0.2, 0) is 15.6 Å². The molecule has 2 aromatic carbocycles. The lowest BCUT2D eigenvalue weighted by Gasteiger charge is -2.09. The number of amides is 2. The summed E-state index contributed by atoms with van der Waals surface area (Å²) in [7, 11) is -1.07. The predicted octanol–water partition coefficient (Wildman–Crippen LogP) is 3.41. The maximum atomic E-state index is 12.3. The van der Waals surface area contributed by atoms with Crippen molar-refractivity contribution in [3.05, 3.63) is 54.1 Å². The van der Waals surface area contributed by atoms with Crippen LogP contribution in [0.1, 0.15) is 30.1 Å². The second-order valence-corrected chi connectivity index (χ2v) is 6.69. The number of hydrogen-bond donors (Lipinski definition) is 2. The van der Waals surface area contributed by atoms with Crippen LogP contribution in [0.2, 0.25) is 0 Å². The summed E-state index contributed by atoms with van der Waals surface area (Å²) in [6.07, 6.45) is 2.83. The Hall–Kier alpha value is -2.47. The molecule has 1 unspecified atom stereocenters. The summed E-state index contributed by atoms with van der Waals surface area (Å²) in [5, 5.41) is 5.58. The van der Waals surface area contributed by atoms with Crippen molar-refractivity contribution in [1.29, 1.82) is 0 Å². The summed E-state index contributed by atoms with van der Waals surface area (Å²) >= 11 is 0. The Labute approximate surface area is 143 Å². The van der Waals surface area contributed by atoms with Crippen molar-refractivity contribution >= 4 is 34.0 Å². The van der Waals surface area contributed by atoms with Gasteiger partial charge < -0.3 is 10.6 Å². The molecule has 0 radical (unpaired) electrons. The van der Waals surface area contributed by atoms with Crippen molar-refractivity contribution in [3.63, 3.8) is 0 Å². The first-order valence-electron chi connectivity index (χ1n) is 7.64. The standard InChI is InChI=1S/C18H20N2O3S/c1-3-5-17(21)19-14-6-4-7-15(12-14)20-18(22)13-8-10-16(11-9-13)24(2)23/h4,6-12H,3,5H2,1-2H3,(H,19,21)(H,20,22). The molecule has 0 fully saturated rings. The highest BCUT2D eigenvalue weighted by molar-refractivity contribution is 7.84. The van der Waals surface area contributed by atoms with Gasteiger partial charge in [-0.25, -0.2) is 0 Å². The third-order valence-corrected chi connectivity index (χ3v) is 4.27. The molecule has 0 saturated carbocycles. The smallest absolute Gasteiger partial charge is 0.255 e. The van der Waals surface area contributed by atoms with Gasteiger partial charge in [-0.2, -0.15) is 0 Å². The molecule has 0 aromatic heterocycles. The molecule has 2 N–H and O–H groups in total. The van der Waals surface area contributed by atoms with E-state index >= 15 is 0 Å². The number of carbonyl (C=O) groups is 2. The first-order valence-corrected chi connectivity index (χ1v) is 9.20. The van der Waals surface area contributed by atoms with Gasteiger partial charge in [0.15, 0.2) is 0 Å². The molecule has 1 atom stereocenters. The maximum absolute atomic E-state index is 12.3. The Bertz CT molecular complexity index is 757. The van der Waals surface area contributed by atoms with Crippen LogP contribution in [0.5, 0.6) is 0 Å². The molecule has 126 valence electrons. The van der Waals surface area contributed by atoms with Gasteiger partial charge in [0, 0.05) is 45.3 Å².